The molecule has 28 heavy (non-hydrogen) atoms. The van der Waals surface area contributed by atoms with Crippen LogP contribution < -0.4 is 9.92 Å². The lowest BCUT2D eigenvalue weighted by Gasteiger charge is -2.26. The van der Waals surface area contributed by atoms with Gasteiger partial charge in [0.15, 0.2) is 11.5 Å². The number of aliphatic imine (C=N–C) groups is 1. The molecule has 9 heteroatoms. The molecular weight excluding hydrogens is 446 g/mol. The van der Waals surface area contributed by atoms with Crippen molar-refractivity contribution in [3.63, 3.8) is 0 Å². The van der Waals surface area contributed by atoms with Crippen LogP contribution in [-0.2, 0) is 20.5 Å². The van der Waals surface area contributed by atoms with Crippen molar-refractivity contribution >= 4 is 37.9 Å². The van der Waals surface area contributed by atoms with E-state index in [4.69, 9.17) is 9.92 Å². The zero-order valence-electron chi connectivity index (χ0n) is 15.6. The second-order valence-electron chi connectivity index (χ2n) is 6.71. The second-order valence-corrected chi connectivity index (χ2v) is 9.72. The van der Waals surface area contributed by atoms with E-state index >= 15 is 0 Å². The number of nitrogens with two attached hydrogens (primary N) is 1. The predicted molar refractivity (Wildman–Crippen MR) is 110 cm³/mol. The first-order valence-corrected chi connectivity index (χ1v) is 10.8. The van der Waals surface area contributed by atoms with E-state index in [1.54, 1.807) is 37.4 Å². The highest BCUT2D eigenvalue weighted by molar-refractivity contribution is 9.10. The average Bonchev–Trinajstić information content (AvgIpc) is 2.86. The molecule has 148 valence electrons. The van der Waals surface area contributed by atoms with Gasteiger partial charge in [-0.15, -0.1) is 0 Å². The number of nitrogens with zero attached hydrogens (tertiary/aromatic N) is 2. The third-order valence-corrected chi connectivity index (χ3v) is 6.60. The molecule has 0 radical (unpaired) electrons. The molecule has 0 fully saturated rings. The Bertz CT molecular complexity index is 1070. The summed E-state index contributed by atoms with van der Waals surface area (Å²) in [4.78, 5) is 19.0. The van der Waals surface area contributed by atoms with Gasteiger partial charge in [-0.2, -0.15) is 8.42 Å². The Morgan fingerprint density at radius 2 is 1.75 bits per heavy atom. The molecule has 0 saturated heterocycles. The molecule has 1 aliphatic heterocycles. The van der Waals surface area contributed by atoms with Crippen LogP contribution in [0.5, 0.6) is 5.75 Å². The lowest BCUT2D eigenvalue weighted by atomic mass is 9.83. The lowest BCUT2D eigenvalue weighted by molar-refractivity contribution is -0.129. The lowest BCUT2D eigenvalue weighted by Crippen LogP contribution is -2.41. The van der Waals surface area contributed by atoms with Gasteiger partial charge in [-0.05, 0) is 49.2 Å². The molecule has 0 aromatic heterocycles. The Balaban J connectivity index is 2.19. The van der Waals surface area contributed by atoms with Gasteiger partial charge in [0, 0.05) is 11.5 Å². The van der Waals surface area contributed by atoms with Crippen LogP contribution in [-0.4, -0.2) is 37.5 Å². The first-order valence-electron chi connectivity index (χ1n) is 8.51. The summed E-state index contributed by atoms with van der Waals surface area (Å²) >= 11 is 3.42. The second kappa shape index (κ2) is 7.21. The summed E-state index contributed by atoms with van der Waals surface area (Å²) in [5, 5.41) is -0.705. The van der Waals surface area contributed by atoms with Crippen LogP contribution in [0.4, 0.5) is 0 Å². The van der Waals surface area contributed by atoms with E-state index in [1.807, 2.05) is 6.07 Å². The molecular formula is C19H20BrN3O4S. The van der Waals surface area contributed by atoms with Gasteiger partial charge in [0.05, 0.1) is 5.25 Å². The molecule has 0 spiro atoms. The van der Waals surface area contributed by atoms with Gasteiger partial charge in [0.2, 0.25) is 0 Å². The number of halogens is 1. The van der Waals surface area contributed by atoms with Crippen LogP contribution in [0, 0.1) is 0 Å². The van der Waals surface area contributed by atoms with Crippen molar-refractivity contribution in [2.75, 3.05) is 7.05 Å². The van der Waals surface area contributed by atoms with Crippen LogP contribution in [0.25, 0.3) is 0 Å². The van der Waals surface area contributed by atoms with Crippen molar-refractivity contribution in [3.05, 3.63) is 64.1 Å². The van der Waals surface area contributed by atoms with Crippen LogP contribution >= 0.6 is 15.9 Å². The molecule has 3 rings (SSSR count). The largest absolute Gasteiger partial charge is 0.382 e. The van der Waals surface area contributed by atoms with Crippen LogP contribution in [0.2, 0.25) is 0 Å². The van der Waals surface area contributed by atoms with E-state index in [-0.39, 0.29) is 17.6 Å². The molecule has 1 heterocycles. The Morgan fingerprint density at radius 1 is 1.14 bits per heavy atom. The number of benzene rings is 2. The van der Waals surface area contributed by atoms with Crippen LogP contribution in [0.3, 0.4) is 0 Å². The fourth-order valence-electron chi connectivity index (χ4n) is 2.90. The van der Waals surface area contributed by atoms with E-state index in [9.17, 15) is 13.2 Å². The van der Waals surface area contributed by atoms with Crippen molar-refractivity contribution in [1.82, 2.24) is 4.90 Å². The van der Waals surface area contributed by atoms with Gasteiger partial charge in [0.1, 0.15) is 5.75 Å². The quantitative estimate of drug-likeness (QED) is 0.683. The first-order chi connectivity index (χ1) is 13.1. The summed E-state index contributed by atoms with van der Waals surface area (Å²) in [5.41, 5.74) is 5.58. The number of guanidine groups is 1. The van der Waals surface area contributed by atoms with Crippen molar-refractivity contribution in [2.24, 2.45) is 10.7 Å². The Labute approximate surface area is 172 Å². The molecule has 0 aliphatic carbocycles. The maximum Gasteiger partial charge on any atom is 0.311 e. The smallest absolute Gasteiger partial charge is 0.311 e. The minimum atomic E-state index is -3.78. The highest BCUT2D eigenvalue weighted by Gasteiger charge is 2.49. The number of carbonyl (C=O) groups is 1. The zero-order valence-corrected chi connectivity index (χ0v) is 18.0. The third-order valence-electron chi connectivity index (χ3n) is 4.52. The molecule has 2 aromatic carbocycles. The standard InChI is InChI=1S/C19H20BrN3O4S/c1-12(2)28(25,26)27-16-9-5-7-14(11-16)19(13-6-4-8-15(20)10-13)17(24)23(3)18(21)22-19/h4-12H,1-3H3,(H2,21,22). The molecule has 2 N–H and O–H groups in total. The zero-order chi connectivity index (χ0) is 20.7. The van der Waals surface area contributed by atoms with Gasteiger partial charge in [-0.1, -0.05) is 40.2 Å². The fraction of sp³-hybridized carbons (Fsp3) is 0.263. The average molecular weight is 466 g/mol. The summed E-state index contributed by atoms with van der Waals surface area (Å²) in [7, 11) is -2.23. The number of likely N-dealkylation sites (N-methyl/N-ethyl adjacent to an activating group) is 1. The van der Waals surface area contributed by atoms with Crippen LogP contribution in [0.15, 0.2) is 58.0 Å². The molecule has 1 amide bonds. The van der Waals surface area contributed by atoms with Gasteiger partial charge < -0.3 is 9.92 Å². The van der Waals surface area contributed by atoms with Crippen molar-refractivity contribution in [1.29, 1.82) is 0 Å². The van der Waals surface area contributed by atoms with Gasteiger partial charge in [0.25, 0.3) is 5.91 Å². The summed E-state index contributed by atoms with van der Waals surface area (Å²) in [6.07, 6.45) is 0. The van der Waals surface area contributed by atoms with E-state index in [1.165, 1.54) is 30.9 Å². The molecule has 0 bridgehead atoms. The van der Waals surface area contributed by atoms with Crippen molar-refractivity contribution in [2.45, 2.75) is 24.6 Å². The molecule has 7 nitrogen and oxygen atoms in total. The summed E-state index contributed by atoms with van der Waals surface area (Å²) in [5.74, 6) is -0.158. The number of carbonyl (C=O) groups excluding carboxylic acids is 1. The number of rotatable bonds is 5. The summed E-state index contributed by atoms with van der Waals surface area (Å²) in [6, 6.07) is 13.5. The minimum Gasteiger partial charge on any atom is -0.382 e. The number of amides is 1. The van der Waals surface area contributed by atoms with E-state index in [0.717, 1.165) is 4.47 Å². The van der Waals surface area contributed by atoms with E-state index in [0.29, 0.717) is 11.1 Å². The summed E-state index contributed by atoms with van der Waals surface area (Å²) < 4.78 is 30.3. The maximum absolute atomic E-state index is 13.2. The van der Waals surface area contributed by atoms with Crippen molar-refractivity contribution < 1.29 is 17.4 Å². The summed E-state index contributed by atoms with van der Waals surface area (Å²) in [6.45, 7) is 3.06. The Hall–Kier alpha value is -2.39. The normalized spacial score (nSPS) is 19.8. The SMILES string of the molecule is CC(C)S(=O)(=O)Oc1cccc(C2(c3cccc(Br)c3)N=C(N)N(C)C2=O)c1. The Kier molecular flexibility index (Phi) is 5.24. The number of hydrogen-bond acceptors (Lipinski definition) is 6. The highest BCUT2D eigenvalue weighted by Crippen LogP contribution is 2.41. The van der Waals surface area contributed by atoms with Gasteiger partial charge in [-0.3, -0.25) is 9.69 Å². The van der Waals surface area contributed by atoms with E-state index in [2.05, 4.69) is 20.9 Å². The van der Waals surface area contributed by atoms with Gasteiger partial charge in [-0.25, -0.2) is 4.99 Å². The topological polar surface area (TPSA) is 102 Å². The molecule has 1 atom stereocenters. The van der Waals surface area contributed by atoms with Gasteiger partial charge >= 0.3 is 10.1 Å². The fourth-order valence-corrected chi connectivity index (χ4v) is 3.86. The molecule has 0 saturated carbocycles. The monoisotopic (exact) mass is 465 g/mol. The number of hydrogen-bond donors (Lipinski definition) is 1. The minimum absolute atomic E-state index is 0.0751. The third kappa shape index (κ3) is 3.40. The first kappa shape index (κ1) is 20.3. The maximum atomic E-state index is 13.2. The highest BCUT2D eigenvalue weighted by atomic mass is 79.9. The molecule has 1 unspecified atom stereocenters. The van der Waals surface area contributed by atoms with Crippen LogP contribution in [0.1, 0.15) is 25.0 Å². The predicted octanol–water partition coefficient (Wildman–Crippen LogP) is 2.60. The molecule has 1 aliphatic rings. The Morgan fingerprint density at radius 3 is 2.29 bits per heavy atom. The molecule has 2 aromatic rings. The van der Waals surface area contributed by atoms with Crippen molar-refractivity contribution in [3.8, 4) is 5.75 Å². The van der Waals surface area contributed by atoms with E-state index < -0.39 is 20.9 Å².